The topological polar surface area (TPSA) is 93.1 Å². The van der Waals surface area contributed by atoms with Crippen molar-refractivity contribution in [2.45, 2.75) is 4.90 Å². The molecule has 0 heterocycles. The van der Waals surface area contributed by atoms with Gasteiger partial charge in [-0.15, -0.1) is 23.2 Å². The number of halogens is 2. The van der Waals surface area contributed by atoms with E-state index in [9.17, 15) is 13.2 Å². The summed E-state index contributed by atoms with van der Waals surface area (Å²) in [5.74, 6) is 0.143. The summed E-state index contributed by atoms with van der Waals surface area (Å²) in [4.78, 5) is 16.8. The van der Waals surface area contributed by atoms with Crippen LogP contribution < -0.4 is 0 Å². The van der Waals surface area contributed by atoms with Gasteiger partial charge in [0.15, 0.2) is 0 Å². The number of alkyl halides is 2. The third-order valence-corrected chi connectivity index (χ3v) is 3.85. The molecule has 1 N–H and O–H groups in total. The van der Waals surface area contributed by atoms with E-state index in [0.29, 0.717) is 24.8 Å². The van der Waals surface area contributed by atoms with Crippen LogP contribution in [0.1, 0.15) is 10.4 Å². The lowest BCUT2D eigenvalue weighted by Crippen LogP contribution is -2.30. The van der Waals surface area contributed by atoms with Crippen molar-refractivity contribution in [1.82, 2.24) is 5.06 Å². The molecule has 0 atom stereocenters. The van der Waals surface area contributed by atoms with Gasteiger partial charge in [0.2, 0.25) is 0 Å². The van der Waals surface area contributed by atoms with Crippen molar-refractivity contribution in [2.24, 2.45) is 0 Å². The number of ether oxygens (including phenoxy) is 1. The summed E-state index contributed by atoms with van der Waals surface area (Å²) < 4.78 is 35.6. The van der Waals surface area contributed by atoms with Crippen LogP contribution in [0.25, 0.3) is 0 Å². The Bertz CT molecular complexity index is 587. The molecule has 0 bridgehead atoms. The minimum Gasteiger partial charge on any atom is -0.460 e. The Morgan fingerprint density at radius 1 is 1.09 bits per heavy atom. The van der Waals surface area contributed by atoms with Crippen LogP contribution in [0.4, 0.5) is 0 Å². The number of esters is 1. The van der Waals surface area contributed by atoms with Gasteiger partial charge in [-0.2, -0.15) is 13.5 Å². The van der Waals surface area contributed by atoms with E-state index in [4.69, 9.17) is 37.3 Å². The first-order valence-electron chi connectivity index (χ1n) is 6.63. The van der Waals surface area contributed by atoms with Crippen molar-refractivity contribution in [1.29, 1.82) is 0 Å². The first kappa shape index (κ1) is 20.1. The quantitative estimate of drug-likeness (QED) is 0.216. The van der Waals surface area contributed by atoms with Gasteiger partial charge in [0.25, 0.3) is 10.1 Å². The summed E-state index contributed by atoms with van der Waals surface area (Å²) in [7, 11) is -4.29. The van der Waals surface area contributed by atoms with Gasteiger partial charge in [-0.1, -0.05) is 0 Å². The lowest BCUT2D eigenvalue weighted by Gasteiger charge is -2.19. The lowest BCUT2D eigenvalue weighted by molar-refractivity contribution is -0.159. The number of carbonyl (C=O) groups is 1. The van der Waals surface area contributed by atoms with E-state index in [1.807, 2.05) is 0 Å². The first-order chi connectivity index (χ1) is 10.9. The fourth-order valence-electron chi connectivity index (χ4n) is 1.58. The minimum atomic E-state index is -4.29. The monoisotopic (exact) mass is 385 g/mol. The maximum atomic E-state index is 11.8. The van der Waals surface area contributed by atoms with Crippen molar-refractivity contribution in [2.75, 3.05) is 38.1 Å². The van der Waals surface area contributed by atoms with Crippen LogP contribution in [0, 0.1) is 0 Å². The zero-order chi connectivity index (χ0) is 17.3. The Balaban J connectivity index is 2.42. The minimum absolute atomic E-state index is 0.0138. The number of hydroxylamine groups is 2. The summed E-state index contributed by atoms with van der Waals surface area (Å²) in [6, 6.07) is 4.73. The molecule has 23 heavy (non-hydrogen) atoms. The van der Waals surface area contributed by atoms with Crippen molar-refractivity contribution in [3.8, 4) is 0 Å². The molecule has 0 saturated carbocycles. The number of nitrogens with zero attached hydrogens (tertiary/aromatic N) is 1. The van der Waals surface area contributed by atoms with Crippen LogP contribution >= 0.6 is 23.2 Å². The zero-order valence-corrected chi connectivity index (χ0v) is 14.5. The molecular weight excluding hydrogens is 369 g/mol. The molecule has 0 saturated heterocycles. The van der Waals surface area contributed by atoms with E-state index in [0.717, 1.165) is 12.1 Å². The Labute approximate surface area is 144 Å². The molecule has 0 fully saturated rings. The van der Waals surface area contributed by atoms with E-state index in [-0.39, 0.29) is 23.7 Å². The molecule has 0 aromatic heterocycles. The second-order valence-electron chi connectivity index (χ2n) is 4.28. The number of hydrogen-bond donors (Lipinski definition) is 1. The molecule has 0 unspecified atom stereocenters. The molecule has 0 aliphatic carbocycles. The summed E-state index contributed by atoms with van der Waals surface area (Å²) in [5.41, 5.74) is 0.163. The number of carbonyl (C=O) groups excluding carboxylic acids is 1. The van der Waals surface area contributed by atoms with Gasteiger partial charge >= 0.3 is 5.97 Å². The Morgan fingerprint density at radius 3 is 2.13 bits per heavy atom. The highest BCUT2D eigenvalue weighted by atomic mass is 35.5. The Hall–Kier alpha value is -0.900. The van der Waals surface area contributed by atoms with Gasteiger partial charge in [0, 0.05) is 24.8 Å². The molecule has 7 nitrogen and oxygen atoms in total. The van der Waals surface area contributed by atoms with E-state index in [1.54, 1.807) is 5.06 Å². The maximum Gasteiger partial charge on any atom is 0.338 e. The SMILES string of the molecule is O=C(OCCON(CCCl)CCCl)c1ccc(S(=O)(=O)O)cc1. The van der Waals surface area contributed by atoms with Crippen molar-refractivity contribution in [3.63, 3.8) is 0 Å². The summed E-state index contributed by atoms with van der Waals surface area (Å²) >= 11 is 11.2. The highest BCUT2D eigenvalue weighted by molar-refractivity contribution is 7.85. The number of benzene rings is 1. The third-order valence-electron chi connectivity index (χ3n) is 2.65. The van der Waals surface area contributed by atoms with Gasteiger partial charge in [-0.3, -0.25) is 9.39 Å². The van der Waals surface area contributed by atoms with Gasteiger partial charge in [0.1, 0.15) is 13.2 Å². The van der Waals surface area contributed by atoms with Crippen LogP contribution in [0.15, 0.2) is 29.2 Å². The van der Waals surface area contributed by atoms with Gasteiger partial charge < -0.3 is 4.74 Å². The van der Waals surface area contributed by atoms with E-state index in [1.165, 1.54) is 12.1 Å². The standard InChI is InChI=1S/C13H17Cl2NO6S/c14-5-7-16(8-6-15)22-10-9-21-13(17)11-1-3-12(4-2-11)23(18,19)20/h1-4H,5-10H2,(H,18,19,20). The molecule has 0 spiro atoms. The molecule has 0 aliphatic heterocycles. The van der Waals surface area contributed by atoms with E-state index >= 15 is 0 Å². The van der Waals surface area contributed by atoms with Gasteiger partial charge in [-0.25, -0.2) is 4.79 Å². The van der Waals surface area contributed by atoms with Gasteiger partial charge in [-0.05, 0) is 24.3 Å². The largest absolute Gasteiger partial charge is 0.460 e. The zero-order valence-electron chi connectivity index (χ0n) is 12.2. The maximum absolute atomic E-state index is 11.8. The van der Waals surface area contributed by atoms with Gasteiger partial charge in [0.05, 0.1) is 10.5 Å². The second-order valence-corrected chi connectivity index (χ2v) is 6.45. The van der Waals surface area contributed by atoms with Crippen molar-refractivity contribution < 1.29 is 27.3 Å². The molecule has 1 aromatic rings. The van der Waals surface area contributed by atoms with Crippen LogP contribution in [-0.2, 0) is 19.7 Å². The Morgan fingerprint density at radius 2 is 1.65 bits per heavy atom. The fourth-order valence-corrected chi connectivity index (χ4v) is 2.43. The molecule has 0 radical (unpaired) electrons. The molecule has 1 rings (SSSR count). The average molecular weight is 386 g/mol. The molecule has 0 amide bonds. The molecule has 10 heteroatoms. The second kappa shape index (κ2) is 10.1. The van der Waals surface area contributed by atoms with Crippen LogP contribution in [0.5, 0.6) is 0 Å². The molecular formula is C13H17Cl2NO6S. The fraction of sp³-hybridized carbons (Fsp3) is 0.462. The lowest BCUT2D eigenvalue weighted by atomic mass is 10.2. The smallest absolute Gasteiger partial charge is 0.338 e. The normalized spacial score (nSPS) is 11.7. The first-order valence-corrected chi connectivity index (χ1v) is 9.14. The highest BCUT2D eigenvalue weighted by Crippen LogP contribution is 2.11. The number of hydrogen-bond acceptors (Lipinski definition) is 6. The average Bonchev–Trinajstić information content (AvgIpc) is 2.51. The molecule has 1 aromatic carbocycles. The van der Waals surface area contributed by atoms with E-state index in [2.05, 4.69) is 0 Å². The third kappa shape index (κ3) is 7.47. The number of rotatable bonds is 10. The van der Waals surface area contributed by atoms with Crippen molar-refractivity contribution in [3.05, 3.63) is 29.8 Å². The highest BCUT2D eigenvalue weighted by Gasteiger charge is 2.12. The predicted octanol–water partition coefficient (Wildman–Crippen LogP) is 1.80. The molecule has 130 valence electrons. The summed E-state index contributed by atoms with van der Waals surface area (Å²) in [5, 5.41) is 1.58. The summed E-state index contributed by atoms with van der Waals surface area (Å²) in [6.45, 7) is 1.15. The van der Waals surface area contributed by atoms with Crippen LogP contribution in [0.2, 0.25) is 0 Å². The van der Waals surface area contributed by atoms with Crippen LogP contribution in [0.3, 0.4) is 0 Å². The predicted molar refractivity (Wildman–Crippen MR) is 85.5 cm³/mol. The Kier molecular flexibility index (Phi) is 8.82. The molecule has 0 aliphatic rings. The van der Waals surface area contributed by atoms with E-state index < -0.39 is 16.1 Å². The van der Waals surface area contributed by atoms with Crippen LogP contribution in [-0.4, -0.2) is 62.1 Å². The van der Waals surface area contributed by atoms with Crippen molar-refractivity contribution >= 4 is 39.3 Å². The summed E-state index contributed by atoms with van der Waals surface area (Å²) in [6.07, 6.45) is 0.